The van der Waals surface area contributed by atoms with Crippen LogP contribution in [0.2, 0.25) is 0 Å². The van der Waals surface area contributed by atoms with Crippen LogP contribution in [0.4, 0.5) is 8.78 Å². The van der Waals surface area contributed by atoms with Crippen LogP contribution in [0, 0.1) is 18.6 Å². The molecule has 0 aliphatic heterocycles. The maximum absolute atomic E-state index is 13.2. The number of esters is 1. The van der Waals surface area contributed by atoms with Gasteiger partial charge in [0, 0.05) is 0 Å². The van der Waals surface area contributed by atoms with Crippen LogP contribution in [0.15, 0.2) is 10.5 Å². The Morgan fingerprint density at radius 3 is 2.50 bits per heavy atom. The van der Waals surface area contributed by atoms with Gasteiger partial charge in [-0.05, 0) is 34.5 Å². The number of benzene rings is 1. The lowest BCUT2D eigenvalue weighted by molar-refractivity contribution is 0.0594. The van der Waals surface area contributed by atoms with Crippen molar-refractivity contribution in [1.82, 2.24) is 0 Å². The molecular weight excluding hydrogens is 258 g/mol. The fourth-order valence-electron chi connectivity index (χ4n) is 0.989. The third-order valence-corrected chi connectivity index (χ3v) is 2.71. The summed E-state index contributed by atoms with van der Waals surface area (Å²) >= 11 is 2.87. The minimum atomic E-state index is -1.20. The van der Waals surface area contributed by atoms with E-state index < -0.39 is 23.2 Å². The van der Waals surface area contributed by atoms with Gasteiger partial charge in [-0.1, -0.05) is 0 Å². The standard InChI is InChI=1S/C9H7BrF2O2/c1-4-3-5(9(13)14-2)7(11)8(12)6(4)10/h3H,1-2H3. The minimum Gasteiger partial charge on any atom is -0.465 e. The van der Waals surface area contributed by atoms with Crippen LogP contribution in [0.1, 0.15) is 15.9 Å². The summed E-state index contributed by atoms with van der Waals surface area (Å²) in [6.07, 6.45) is 0. The first-order valence-electron chi connectivity index (χ1n) is 3.71. The highest BCUT2D eigenvalue weighted by atomic mass is 79.9. The molecule has 1 aromatic carbocycles. The van der Waals surface area contributed by atoms with Crippen LogP contribution in [0.25, 0.3) is 0 Å². The van der Waals surface area contributed by atoms with Crippen LogP contribution < -0.4 is 0 Å². The van der Waals surface area contributed by atoms with E-state index in [2.05, 4.69) is 20.7 Å². The highest BCUT2D eigenvalue weighted by Gasteiger charge is 2.19. The van der Waals surface area contributed by atoms with Crippen molar-refractivity contribution in [2.45, 2.75) is 6.92 Å². The molecule has 0 unspecified atom stereocenters. The van der Waals surface area contributed by atoms with Gasteiger partial charge in [0.1, 0.15) is 0 Å². The van der Waals surface area contributed by atoms with E-state index in [0.29, 0.717) is 5.56 Å². The molecule has 0 radical (unpaired) electrons. The Kier molecular flexibility index (Phi) is 3.21. The summed E-state index contributed by atoms with van der Waals surface area (Å²) in [7, 11) is 1.11. The van der Waals surface area contributed by atoms with E-state index >= 15 is 0 Å². The Morgan fingerprint density at radius 2 is 2.00 bits per heavy atom. The van der Waals surface area contributed by atoms with Gasteiger partial charge in [-0.25, -0.2) is 13.6 Å². The number of aryl methyl sites for hydroxylation is 1. The Hall–Kier alpha value is -0.970. The van der Waals surface area contributed by atoms with E-state index in [9.17, 15) is 13.6 Å². The zero-order valence-electron chi connectivity index (χ0n) is 7.53. The average Bonchev–Trinajstić information content (AvgIpc) is 2.19. The molecular formula is C9H7BrF2O2. The van der Waals surface area contributed by atoms with E-state index in [-0.39, 0.29) is 4.47 Å². The third kappa shape index (κ3) is 1.77. The molecule has 0 aliphatic carbocycles. The highest BCUT2D eigenvalue weighted by Crippen LogP contribution is 2.25. The first-order valence-corrected chi connectivity index (χ1v) is 4.50. The van der Waals surface area contributed by atoms with E-state index in [1.165, 1.54) is 6.07 Å². The van der Waals surface area contributed by atoms with Crippen molar-refractivity contribution in [3.63, 3.8) is 0 Å². The Balaban J connectivity index is 3.40. The molecule has 0 N–H and O–H groups in total. The second-order valence-electron chi connectivity index (χ2n) is 2.67. The number of hydrogen-bond acceptors (Lipinski definition) is 2. The quantitative estimate of drug-likeness (QED) is 0.576. The van der Waals surface area contributed by atoms with Gasteiger partial charge >= 0.3 is 5.97 Å². The molecule has 1 aromatic rings. The first-order chi connectivity index (χ1) is 6.49. The molecule has 5 heteroatoms. The Morgan fingerprint density at radius 1 is 1.43 bits per heavy atom. The molecule has 0 heterocycles. The lowest BCUT2D eigenvalue weighted by atomic mass is 10.1. The summed E-state index contributed by atoms with van der Waals surface area (Å²) in [5.74, 6) is -3.17. The molecule has 0 saturated heterocycles. The fourth-order valence-corrected chi connectivity index (χ4v) is 1.28. The van der Waals surface area contributed by atoms with Gasteiger partial charge in [-0.15, -0.1) is 0 Å². The van der Waals surface area contributed by atoms with Gasteiger partial charge in [0.05, 0.1) is 17.1 Å². The summed E-state index contributed by atoms with van der Waals surface area (Å²) in [5.41, 5.74) is 0.0370. The van der Waals surface area contributed by atoms with Crippen LogP contribution in [0.5, 0.6) is 0 Å². The van der Waals surface area contributed by atoms with Crippen LogP contribution in [-0.4, -0.2) is 13.1 Å². The van der Waals surface area contributed by atoms with Crippen molar-refractivity contribution in [3.8, 4) is 0 Å². The number of methoxy groups -OCH3 is 1. The van der Waals surface area contributed by atoms with Crippen molar-refractivity contribution in [1.29, 1.82) is 0 Å². The topological polar surface area (TPSA) is 26.3 Å². The largest absolute Gasteiger partial charge is 0.465 e. The molecule has 76 valence electrons. The molecule has 0 amide bonds. The van der Waals surface area contributed by atoms with E-state index in [4.69, 9.17) is 0 Å². The van der Waals surface area contributed by atoms with Gasteiger partial charge in [0.15, 0.2) is 11.6 Å². The molecule has 0 spiro atoms. The highest BCUT2D eigenvalue weighted by molar-refractivity contribution is 9.10. The number of ether oxygens (including phenoxy) is 1. The molecule has 0 fully saturated rings. The van der Waals surface area contributed by atoms with Gasteiger partial charge < -0.3 is 4.74 Å². The summed E-state index contributed by atoms with van der Waals surface area (Å²) in [6.45, 7) is 1.55. The van der Waals surface area contributed by atoms with Crippen LogP contribution >= 0.6 is 15.9 Å². The van der Waals surface area contributed by atoms with Gasteiger partial charge in [-0.2, -0.15) is 0 Å². The predicted molar refractivity (Wildman–Crippen MR) is 50.1 cm³/mol. The number of carbonyl (C=O) groups is 1. The fraction of sp³-hybridized carbons (Fsp3) is 0.222. The van der Waals surface area contributed by atoms with Crippen molar-refractivity contribution in [2.75, 3.05) is 7.11 Å². The number of halogens is 3. The smallest absolute Gasteiger partial charge is 0.340 e. The molecule has 0 bridgehead atoms. The van der Waals surface area contributed by atoms with Crippen LogP contribution in [0.3, 0.4) is 0 Å². The maximum atomic E-state index is 13.2. The normalized spacial score (nSPS) is 10.1. The summed E-state index contributed by atoms with van der Waals surface area (Å²) in [4.78, 5) is 11.0. The van der Waals surface area contributed by atoms with E-state index in [1.54, 1.807) is 6.92 Å². The second kappa shape index (κ2) is 4.04. The van der Waals surface area contributed by atoms with Gasteiger partial charge in [0.2, 0.25) is 0 Å². The van der Waals surface area contributed by atoms with Gasteiger partial charge in [-0.3, -0.25) is 0 Å². The SMILES string of the molecule is COC(=O)c1cc(C)c(Br)c(F)c1F. The van der Waals surface area contributed by atoms with Crippen molar-refractivity contribution >= 4 is 21.9 Å². The van der Waals surface area contributed by atoms with Crippen molar-refractivity contribution in [3.05, 3.63) is 33.3 Å². The third-order valence-electron chi connectivity index (χ3n) is 1.73. The minimum absolute atomic E-state index is 0.0163. The molecule has 0 aromatic heterocycles. The van der Waals surface area contributed by atoms with E-state index in [0.717, 1.165) is 7.11 Å². The monoisotopic (exact) mass is 264 g/mol. The zero-order valence-corrected chi connectivity index (χ0v) is 9.11. The van der Waals surface area contributed by atoms with E-state index in [1.807, 2.05) is 0 Å². The Bertz CT molecular complexity index is 391. The second-order valence-corrected chi connectivity index (χ2v) is 3.47. The van der Waals surface area contributed by atoms with Crippen molar-refractivity contribution < 1.29 is 18.3 Å². The predicted octanol–water partition coefficient (Wildman–Crippen LogP) is 2.82. The number of carbonyl (C=O) groups excluding carboxylic acids is 1. The summed E-state index contributed by atoms with van der Waals surface area (Å²) in [6, 6.07) is 1.23. The lowest BCUT2D eigenvalue weighted by Gasteiger charge is -2.06. The average molecular weight is 265 g/mol. The summed E-state index contributed by atoms with van der Waals surface area (Å²) in [5, 5.41) is 0. The molecule has 0 saturated carbocycles. The maximum Gasteiger partial charge on any atom is 0.340 e. The molecule has 1 rings (SSSR count). The van der Waals surface area contributed by atoms with Gasteiger partial charge in [0.25, 0.3) is 0 Å². The lowest BCUT2D eigenvalue weighted by Crippen LogP contribution is -2.07. The zero-order chi connectivity index (χ0) is 10.9. The summed E-state index contributed by atoms with van der Waals surface area (Å²) < 4.78 is 30.6. The number of rotatable bonds is 1. The molecule has 0 aliphatic rings. The van der Waals surface area contributed by atoms with Crippen molar-refractivity contribution in [2.24, 2.45) is 0 Å². The first kappa shape index (κ1) is 11.1. The Labute approximate surface area is 88.0 Å². The van der Waals surface area contributed by atoms with Crippen LogP contribution in [-0.2, 0) is 4.74 Å². The molecule has 14 heavy (non-hydrogen) atoms. The molecule has 0 atom stereocenters. The molecule has 2 nitrogen and oxygen atoms in total. The number of hydrogen-bond donors (Lipinski definition) is 0.